The predicted octanol–water partition coefficient (Wildman–Crippen LogP) is 2.58. The molecule has 8 nitrogen and oxygen atoms in total. The Morgan fingerprint density at radius 3 is 2.84 bits per heavy atom. The molecular weight excluding hydrogens is 328 g/mol. The van der Waals surface area contributed by atoms with Gasteiger partial charge in [-0.05, 0) is 30.7 Å². The van der Waals surface area contributed by atoms with Gasteiger partial charge >= 0.3 is 5.69 Å². The summed E-state index contributed by atoms with van der Waals surface area (Å²) in [6.45, 7) is 1.68. The van der Waals surface area contributed by atoms with Gasteiger partial charge in [0.15, 0.2) is 23.9 Å². The van der Waals surface area contributed by atoms with Crippen molar-refractivity contribution in [2.45, 2.75) is 13.0 Å². The van der Waals surface area contributed by atoms with E-state index in [-0.39, 0.29) is 36.8 Å². The Bertz CT molecular complexity index is 807. The summed E-state index contributed by atoms with van der Waals surface area (Å²) in [5.41, 5.74) is 0.669. The third kappa shape index (κ3) is 3.79. The molecule has 130 valence electrons. The Morgan fingerprint density at radius 1 is 1.28 bits per heavy atom. The van der Waals surface area contributed by atoms with Crippen molar-refractivity contribution in [2.75, 3.05) is 13.4 Å². The largest absolute Gasteiger partial charge is 0.477 e. The maximum Gasteiger partial charge on any atom is 0.310 e. The second kappa shape index (κ2) is 7.08. The van der Waals surface area contributed by atoms with Crippen LogP contribution in [0.2, 0.25) is 0 Å². The van der Waals surface area contributed by atoms with Crippen LogP contribution in [0, 0.1) is 10.1 Å². The molecule has 0 radical (unpaired) electrons. The minimum Gasteiger partial charge on any atom is -0.477 e. The lowest BCUT2D eigenvalue weighted by molar-refractivity contribution is -0.385. The van der Waals surface area contributed by atoms with Gasteiger partial charge in [0.2, 0.25) is 6.79 Å². The summed E-state index contributed by atoms with van der Waals surface area (Å²) in [7, 11) is 0. The molecule has 8 heteroatoms. The molecule has 2 aromatic carbocycles. The standard InChI is InChI=1S/C17H16N2O6/c1-11(12-6-7-15-16(8-12)25-10-24-15)18-17(20)9-23-14-5-3-2-4-13(14)19(21)22/h2-8,11H,9-10H2,1H3,(H,18,20)/t11-/m0/s1. The molecule has 1 amide bonds. The van der Waals surface area contributed by atoms with E-state index < -0.39 is 4.92 Å². The Labute approximate surface area is 143 Å². The molecule has 0 saturated heterocycles. The van der Waals surface area contributed by atoms with Crippen LogP contribution in [-0.2, 0) is 4.79 Å². The highest BCUT2D eigenvalue weighted by atomic mass is 16.7. The van der Waals surface area contributed by atoms with Gasteiger partial charge in [-0.3, -0.25) is 14.9 Å². The van der Waals surface area contributed by atoms with Crippen molar-refractivity contribution < 1.29 is 23.9 Å². The lowest BCUT2D eigenvalue weighted by Crippen LogP contribution is -2.31. The van der Waals surface area contributed by atoms with Crippen LogP contribution < -0.4 is 19.5 Å². The molecule has 0 bridgehead atoms. The maximum atomic E-state index is 12.1. The third-order valence-corrected chi connectivity index (χ3v) is 3.69. The molecule has 3 rings (SSSR count). The van der Waals surface area contributed by atoms with E-state index in [0.29, 0.717) is 11.5 Å². The molecule has 1 atom stereocenters. The molecule has 2 aromatic rings. The molecule has 0 unspecified atom stereocenters. The zero-order chi connectivity index (χ0) is 17.8. The number of amides is 1. The lowest BCUT2D eigenvalue weighted by atomic mass is 10.1. The lowest BCUT2D eigenvalue weighted by Gasteiger charge is -2.15. The van der Waals surface area contributed by atoms with Crippen LogP contribution in [0.3, 0.4) is 0 Å². The number of fused-ring (bicyclic) bond motifs is 1. The van der Waals surface area contributed by atoms with Crippen LogP contribution in [0.4, 0.5) is 5.69 Å². The van der Waals surface area contributed by atoms with Gasteiger partial charge in [0.05, 0.1) is 11.0 Å². The van der Waals surface area contributed by atoms with Gasteiger partial charge < -0.3 is 19.5 Å². The number of ether oxygens (including phenoxy) is 3. The molecular formula is C17H16N2O6. The van der Waals surface area contributed by atoms with Gasteiger partial charge in [-0.1, -0.05) is 18.2 Å². The number of rotatable bonds is 6. The summed E-state index contributed by atoms with van der Waals surface area (Å²) < 4.78 is 15.8. The predicted molar refractivity (Wildman–Crippen MR) is 87.7 cm³/mol. The van der Waals surface area contributed by atoms with Crippen LogP contribution in [0.1, 0.15) is 18.5 Å². The first kappa shape index (κ1) is 16.6. The van der Waals surface area contributed by atoms with Gasteiger partial charge in [-0.2, -0.15) is 0 Å². The normalized spacial score (nSPS) is 13.2. The van der Waals surface area contributed by atoms with E-state index in [9.17, 15) is 14.9 Å². The fraction of sp³-hybridized carbons (Fsp3) is 0.235. The van der Waals surface area contributed by atoms with Crippen molar-refractivity contribution in [3.8, 4) is 17.2 Å². The average Bonchev–Trinajstić information content (AvgIpc) is 3.07. The quantitative estimate of drug-likeness (QED) is 0.638. The molecule has 0 spiro atoms. The number of carbonyl (C=O) groups excluding carboxylic acids is 1. The van der Waals surface area contributed by atoms with Crippen LogP contribution in [0.25, 0.3) is 0 Å². The number of nitro benzene ring substituents is 1. The molecule has 25 heavy (non-hydrogen) atoms. The molecule has 0 aromatic heterocycles. The van der Waals surface area contributed by atoms with Crippen LogP contribution >= 0.6 is 0 Å². The van der Waals surface area contributed by atoms with Crippen LogP contribution in [-0.4, -0.2) is 24.2 Å². The molecule has 0 aliphatic carbocycles. The van der Waals surface area contributed by atoms with Crippen LogP contribution in [0.5, 0.6) is 17.2 Å². The Kier molecular flexibility index (Phi) is 4.69. The highest BCUT2D eigenvalue weighted by Crippen LogP contribution is 2.34. The summed E-state index contributed by atoms with van der Waals surface area (Å²) in [5, 5.41) is 13.7. The number of benzene rings is 2. The Hall–Kier alpha value is -3.29. The number of para-hydroxylation sites is 2. The molecule has 1 aliphatic heterocycles. The zero-order valence-electron chi connectivity index (χ0n) is 13.4. The average molecular weight is 344 g/mol. The second-order valence-corrected chi connectivity index (χ2v) is 5.42. The van der Waals surface area contributed by atoms with Gasteiger partial charge in [0.1, 0.15) is 0 Å². The minimum absolute atomic E-state index is 0.0541. The Balaban J connectivity index is 1.58. The molecule has 1 heterocycles. The number of nitrogens with one attached hydrogen (secondary N) is 1. The van der Waals surface area contributed by atoms with Gasteiger partial charge in [0, 0.05) is 6.07 Å². The van der Waals surface area contributed by atoms with Gasteiger partial charge in [0.25, 0.3) is 5.91 Å². The topological polar surface area (TPSA) is 99.9 Å². The van der Waals surface area contributed by atoms with Crippen molar-refractivity contribution in [3.63, 3.8) is 0 Å². The second-order valence-electron chi connectivity index (χ2n) is 5.42. The van der Waals surface area contributed by atoms with Crippen LogP contribution in [0.15, 0.2) is 42.5 Å². The first-order valence-electron chi connectivity index (χ1n) is 7.59. The number of nitro groups is 1. The van der Waals surface area contributed by atoms with E-state index in [0.717, 1.165) is 5.56 Å². The molecule has 0 fully saturated rings. The summed E-state index contributed by atoms with van der Waals surface area (Å²) in [5.74, 6) is 0.971. The molecule has 1 aliphatic rings. The number of hydrogen-bond acceptors (Lipinski definition) is 6. The number of hydrogen-bond donors (Lipinski definition) is 1. The van der Waals surface area contributed by atoms with Crippen molar-refractivity contribution in [1.82, 2.24) is 5.32 Å². The first-order chi connectivity index (χ1) is 12.0. The van der Waals surface area contributed by atoms with Crippen molar-refractivity contribution in [3.05, 3.63) is 58.1 Å². The molecule has 1 N–H and O–H groups in total. The van der Waals surface area contributed by atoms with Crippen molar-refractivity contribution in [2.24, 2.45) is 0 Å². The van der Waals surface area contributed by atoms with E-state index in [1.807, 2.05) is 13.0 Å². The monoisotopic (exact) mass is 344 g/mol. The van der Waals surface area contributed by atoms with E-state index >= 15 is 0 Å². The first-order valence-corrected chi connectivity index (χ1v) is 7.59. The van der Waals surface area contributed by atoms with E-state index in [1.165, 1.54) is 18.2 Å². The maximum absolute atomic E-state index is 12.1. The van der Waals surface area contributed by atoms with E-state index in [2.05, 4.69) is 5.32 Å². The number of carbonyl (C=O) groups is 1. The smallest absolute Gasteiger partial charge is 0.310 e. The highest BCUT2D eigenvalue weighted by Gasteiger charge is 2.18. The van der Waals surface area contributed by atoms with E-state index in [4.69, 9.17) is 14.2 Å². The highest BCUT2D eigenvalue weighted by molar-refractivity contribution is 5.78. The Morgan fingerprint density at radius 2 is 2.04 bits per heavy atom. The zero-order valence-corrected chi connectivity index (χ0v) is 13.4. The van der Waals surface area contributed by atoms with E-state index in [1.54, 1.807) is 18.2 Å². The summed E-state index contributed by atoms with van der Waals surface area (Å²) in [6.07, 6.45) is 0. The third-order valence-electron chi connectivity index (χ3n) is 3.69. The summed E-state index contributed by atoms with van der Waals surface area (Å²) in [4.78, 5) is 22.4. The SMILES string of the molecule is C[C@H](NC(=O)COc1ccccc1[N+](=O)[O-])c1ccc2c(c1)OCO2. The summed E-state index contributed by atoms with van der Waals surface area (Å²) in [6, 6.07) is 11.1. The number of nitrogens with zero attached hydrogens (tertiary/aromatic N) is 1. The summed E-state index contributed by atoms with van der Waals surface area (Å²) >= 11 is 0. The fourth-order valence-corrected chi connectivity index (χ4v) is 2.42. The van der Waals surface area contributed by atoms with Gasteiger partial charge in [-0.25, -0.2) is 0 Å². The van der Waals surface area contributed by atoms with Crippen molar-refractivity contribution >= 4 is 11.6 Å². The van der Waals surface area contributed by atoms with Gasteiger partial charge in [-0.15, -0.1) is 0 Å². The molecule has 0 saturated carbocycles. The minimum atomic E-state index is -0.553. The fourth-order valence-electron chi connectivity index (χ4n) is 2.42. The van der Waals surface area contributed by atoms with Crippen molar-refractivity contribution in [1.29, 1.82) is 0 Å².